The van der Waals surface area contributed by atoms with E-state index >= 15 is 0 Å². The summed E-state index contributed by atoms with van der Waals surface area (Å²) in [6, 6.07) is 0. The van der Waals surface area contributed by atoms with Crippen LogP contribution in [-0.4, -0.2) is 19.0 Å². The lowest BCUT2D eigenvalue weighted by molar-refractivity contribution is 0.0452. The maximum absolute atomic E-state index is 5.88. The molecule has 0 bridgehead atoms. The summed E-state index contributed by atoms with van der Waals surface area (Å²) in [6.07, 6.45) is 12.0. The van der Waals surface area contributed by atoms with Crippen molar-refractivity contribution in [3.05, 3.63) is 0 Å². The summed E-state index contributed by atoms with van der Waals surface area (Å²) in [5.41, 5.74) is 0.395. The monoisotopic (exact) mass is 244 g/mol. The van der Waals surface area contributed by atoms with Crippen LogP contribution in [-0.2, 0) is 4.74 Å². The van der Waals surface area contributed by atoms with Crippen molar-refractivity contribution in [2.24, 2.45) is 5.41 Å². The maximum atomic E-state index is 5.88. The third kappa shape index (κ3) is 5.09. The minimum Gasteiger partial charge on any atom is -0.381 e. The van der Waals surface area contributed by atoms with Crippen molar-refractivity contribution < 1.29 is 4.74 Å². The van der Waals surface area contributed by atoms with E-state index in [0.717, 1.165) is 19.0 Å². The van der Waals surface area contributed by atoms with Crippen LogP contribution in [0.3, 0.4) is 0 Å². The molecule has 96 valence electrons. The van der Waals surface area contributed by atoms with Gasteiger partial charge in [-0.2, -0.15) is 12.6 Å². The van der Waals surface area contributed by atoms with Crippen molar-refractivity contribution in [1.82, 2.24) is 0 Å². The van der Waals surface area contributed by atoms with Gasteiger partial charge in [0, 0.05) is 12.0 Å². The normalized spacial score (nSPS) is 20.6. The molecule has 0 aromatic heterocycles. The lowest BCUT2D eigenvalue weighted by atomic mass is 9.83. The predicted molar refractivity (Wildman–Crippen MR) is 74.3 cm³/mol. The van der Waals surface area contributed by atoms with Gasteiger partial charge in [-0.05, 0) is 25.0 Å². The average Bonchev–Trinajstić information content (AvgIpc) is 2.55. The largest absolute Gasteiger partial charge is 0.381 e. The molecule has 0 aliphatic heterocycles. The first-order valence-electron chi connectivity index (χ1n) is 7.01. The molecule has 1 rings (SSSR count). The van der Waals surface area contributed by atoms with Gasteiger partial charge in [-0.25, -0.2) is 0 Å². The standard InChI is InChI=1S/C14H28OS/c1-2-3-8-11-15-12-14(13-16)9-6-4-5-7-10-14/h16H,2-13H2,1H3. The highest BCUT2D eigenvalue weighted by molar-refractivity contribution is 7.80. The number of hydrogen-bond acceptors (Lipinski definition) is 2. The van der Waals surface area contributed by atoms with Gasteiger partial charge in [-0.1, -0.05) is 45.4 Å². The third-order valence-electron chi connectivity index (χ3n) is 3.80. The van der Waals surface area contributed by atoms with Crippen LogP contribution < -0.4 is 0 Å². The SMILES string of the molecule is CCCCCOCC1(CS)CCCCCC1. The van der Waals surface area contributed by atoms with Gasteiger partial charge in [0.2, 0.25) is 0 Å². The fourth-order valence-corrected chi connectivity index (χ4v) is 2.98. The molecule has 0 heterocycles. The molecule has 0 aromatic carbocycles. The van der Waals surface area contributed by atoms with Crippen LogP contribution in [0.4, 0.5) is 0 Å². The zero-order valence-corrected chi connectivity index (χ0v) is 11.7. The van der Waals surface area contributed by atoms with Crippen molar-refractivity contribution in [2.45, 2.75) is 64.7 Å². The Balaban J connectivity index is 2.22. The van der Waals surface area contributed by atoms with Crippen molar-refractivity contribution in [3.8, 4) is 0 Å². The van der Waals surface area contributed by atoms with Crippen LogP contribution in [0.1, 0.15) is 64.7 Å². The summed E-state index contributed by atoms with van der Waals surface area (Å²) in [7, 11) is 0. The van der Waals surface area contributed by atoms with Gasteiger partial charge in [-0.3, -0.25) is 0 Å². The molecule has 1 saturated carbocycles. The fourth-order valence-electron chi connectivity index (χ4n) is 2.57. The van der Waals surface area contributed by atoms with Crippen LogP contribution >= 0.6 is 12.6 Å². The van der Waals surface area contributed by atoms with Gasteiger partial charge in [0.05, 0.1) is 6.61 Å². The first-order chi connectivity index (χ1) is 7.83. The molecule has 1 nitrogen and oxygen atoms in total. The van der Waals surface area contributed by atoms with Crippen LogP contribution in [0.15, 0.2) is 0 Å². The highest BCUT2D eigenvalue weighted by Crippen LogP contribution is 2.36. The predicted octanol–water partition coefficient (Wildman–Crippen LogP) is 4.46. The molecule has 1 aliphatic carbocycles. The second-order valence-corrected chi connectivity index (χ2v) is 5.65. The van der Waals surface area contributed by atoms with E-state index in [1.54, 1.807) is 0 Å². The van der Waals surface area contributed by atoms with E-state index in [-0.39, 0.29) is 0 Å². The van der Waals surface area contributed by atoms with Gasteiger partial charge in [0.15, 0.2) is 0 Å². The second kappa shape index (κ2) is 8.41. The lowest BCUT2D eigenvalue weighted by Gasteiger charge is -2.30. The van der Waals surface area contributed by atoms with Crippen LogP contribution in [0.5, 0.6) is 0 Å². The van der Waals surface area contributed by atoms with E-state index in [4.69, 9.17) is 4.74 Å². The molecule has 0 atom stereocenters. The Bertz CT molecular complexity index is 162. The molecule has 2 heteroatoms. The van der Waals surface area contributed by atoms with Crippen molar-refractivity contribution in [2.75, 3.05) is 19.0 Å². The summed E-state index contributed by atoms with van der Waals surface area (Å²) in [6.45, 7) is 4.13. The van der Waals surface area contributed by atoms with Gasteiger partial charge >= 0.3 is 0 Å². The van der Waals surface area contributed by atoms with Gasteiger partial charge in [0.1, 0.15) is 0 Å². The quantitative estimate of drug-likeness (QED) is 0.395. The van der Waals surface area contributed by atoms with E-state index in [1.807, 2.05) is 0 Å². The highest BCUT2D eigenvalue weighted by atomic mass is 32.1. The van der Waals surface area contributed by atoms with E-state index in [1.165, 1.54) is 57.8 Å². The van der Waals surface area contributed by atoms with Crippen LogP contribution in [0.25, 0.3) is 0 Å². The zero-order valence-electron chi connectivity index (χ0n) is 10.8. The van der Waals surface area contributed by atoms with Crippen molar-refractivity contribution >= 4 is 12.6 Å². The Labute approximate surface area is 107 Å². The number of rotatable bonds is 7. The molecule has 1 aliphatic rings. The summed E-state index contributed by atoms with van der Waals surface area (Å²) in [4.78, 5) is 0. The molecular weight excluding hydrogens is 216 g/mol. The molecule has 0 spiro atoms. The van der Waals surface area contributed by atoms with Crippen molar-refractivity contribution in [1.29, 1.82) is 0 Å². The molecule has 16 heavy (non-hydrogen) atoms. The van der Waals surface area contributed by atoms with Crippen LogP contribution in [0, 0.1) is 5.41 Å². The first kappa shape index (κ1) is 14.4. The van der Waals surface area contributed by atoms with Crippen molar-refractivity contribution in [3.63, 3.8) is 0 Å². The van der Waals surface area contributed by atoms with Gasteiger partial charge in [0.25, 0.3) is 0 Å². The average molecular weight is 244 g/mol. The van der Waals surface area contributed by atoms with Gasteiger partial charge < -0.3 is 4.74 Å². The van der Waals surface area contributed by atoms with Crippen LogP contribution in [0.2, 0.25) is 0 Å². The molecule has 0 N–H and O–H groups in total. The highest BCUT2D eigenvalue weighted by Gasteiger charge is 2.29. The Morgan fingerprint density at radius 2 is 1.75 bits per heavy atom. The maximum Gasteiger partial charge on any atom is 0.0530 e. The smallest absolute Gasteiger partial charge is 0.0530 e. The van der Waals surface area contributed by atoms with Gasteiger partial charge in [-0.15, -0.1) is 0 Å². The summed E-state index contributed by atoms with van der Waals surface area (Å²) in [5.74, 6) is 1.00. The van der Waals surface area contributed by atoms with E-state index in [2.05, 4.69) is 19.6 Å². The molecule has 0 radical (unpaired) electrons. The lowest BCUT2D eigenvalue weighted by Crippen LogP contribution is -2.28. The Kier molecular flexibility index (Phi) is 7.55. The summed E-state index contributed by atoms with van der Waals surface area (Å²) < 4.78 is 5.88. The van der Waals surface area contributed by atoms with E-state index < -0.39 is 0 Å². The molecule has 0 aromatic rings. The number of hydrogen-bond donors (Lipinski definition) is 1. The summed E-state index contributed by atoms with van der Waals surface area (Å²) >= 11 is 4.56. The molecule has 0 unspecified atom stereocenters. The minimum absolute atomic E-state index is 0.395. The molecular formula is C14H28OS. The Morgan fingerprint density at radius 1 is 1.06 bits per heavy atom. The first-order valence-corrected chi connectivity index (χ1v) is 7.65. The topological polar surface area (TPSA) is 9.23 Å². The summed E-state index contributed by atoms with van der Waals surface area (Å²) in [5, 5.41) is 0. The fraction of sp³-hybridized carbons (Fsp3) is 1.00. The van der Waals surface area contributed by atoms with E-state index in [9.17, 15) is 0 Å². The number of ether oxygens (including phenoxy) is 1. The van der Waals surface area contributed by atoms with E-state index in [0.29, 0.717) is 5.41 Å². The Morgan fingerprint density at radius 3 is 2.31 bits per heavy atom. The molecule has 1 fully saturated rings. The molecule has 0 amide bonds. The minimum atomic E-state index is 0.395. The second-order valence-electron chi connectivity index (χ2n) is 5.33. The number of thiol groups is 1. The molecule has 0 saturated heterocycles. The number of unbranched alkanes of at least 4 members (excludes halogenated alkanes) is 2. The Hall–Kier alpha value is 0.310. The zero-order chi connectivity index (χ0) is 11.7. The third-order valence-corrected chi connectivity index (χ3v) is 4.47.